The van der Waals surface area contributed by atoms with Gasteiger partial charge in [0.15, 0.2) is 6.71 Å². The van der Waals surface area contributed by atoms with Gasteiger partial charge < -0.3 is 5.21 Å². The Morgan fingerprint density at radius 3 is 2.43 bits per heavy atom. The maximum Gasteiger partial charge on any atom is 0.155 e. The second kappa shape index (κ2) is 4.15. The smallest absolute Gasteiger partial charge is 0.155 e. The third kappa shape index (κ3) is 3.82. The lowest BCUT2D eigenvalue weighted by Gasteiger charge is -1.98. The fraction of sp³-hybridized carbons (Fsp3) is 1.00. The highest BCUT2D eigenvalue weighted by atomic mass is 16.5. The molecule has 0 aliphatic heterocycles. The van der Waals surface area contributed by atoms with E-state index in [2.05, 4.69) is 19.2 Å². The summed E-state index contributed by atoms with van der Waals surface area (Å²) in [5.74, 6) is 0. The molecule has 0 aromatic carbocycles. The summed E-state index contributed by atoms with van der Waals surface area (Å²) in [6.45, 7) is 4.77. The normalized spacial score (nSPS) is 9.00. The van der Waals surface area contributed by atoms with Crippen molar-refractivity contribution in [3.05, 3.63) is 0 Å². The van der Waals surface area contributed by atoms with Crippen LogP contribution in [0.2, 0.25) is 13.1 Å². The molecule has 0 atom stereocenters. The average Bonchev–Trinajstić information content (AvgIpc) is 1.68. The van der Waals surface area contributed by atoms with Gasteiger partial charge in [-0.2, -0.15) is 0 Å². The summed E-state index contributed by atoms with van der Waals surface area (Å²) in [5, 5.41) is 8.12. The number of rotatable bonds is 3. The molecule has 0 aromatic heterocycles. The first-order valence-electron chi connectivity index (χ1n) is 2.68. The minimum atomic E-state index is 0.588. The molecule has 2 N–H and O–H groups in total. The average molecular weight is 101 g/mol. The van der Waals surface area contributed by atoms with Crippen LogP contribution in [0.3, 0.4) is 0 Å². The van der Waals surface area contributed by atoms with Crippen LogP contribution in [0.25, 0.3) is 0 Å². The molecule has 3 heteroatoms. The van der Waals surface area contributed by atoms with Crippen molar-refractivity contribution in [1.82, 2.24) is 5.48 Å². The molecule has 0 unspecified atom stereocenters. The fourth-order valence-electron chi connectivity index (χ4n) is 0.300. The van der Waals surface area contributed by atoms with Gasteiger partial charge in [0.05, 0.1) is 0 Å². The summed E-state index contributed by atoms with van der Waals surface area (Å²) in [6.07, 6.45) is 1.82. The van der Waals surface area contributed by atoms with E-state index >= 15 is 0 Å². The third-order valence-electron chi connectivity index (χ3n) is 1.14. The molecule has 0 radical (unpaired) electrons. The largest absolute Gasteiger partial charge is 0.317 e. The Bertz CT molecular complexity index is 42.7. The van der Waals surface area contributed by atoms with Gasteiger partial charge in [-0.05, 0) is 6.44 Å². The second-order valence-electron chi connectivity index (χ2n) is 1.88. The SMILES string of the molecule is CCB(C)CNO. The van der Waals surface area contributed by atoms with E-state index in [0.717, 1.165) is 6.32 Å². The Morgan fingerprint density at radius 2 is 2.29 bits per heavy atom. The molecule has 0 aliphatic carbocycles. The predicted molar refractivity (Wildman–Crippen MR) is 31.9 cm³/mol. The van der Waals surface area contributed by atoms with Crippen LogP contribution in [0.1, 0.15) is 6.92 Å². The first-order chi connectivity index (χ1) is 3.31. The van der Waals surface area contributed by atoms with E-state index in [1.54, 1.807) is 0 Å². The zero-order chi connectivity index (χ0) is 5.70. The van der Waals surface area contributed by atoms with Crippen molar-refractivity contribution in [3.63, 3.8) is 0 Å². The molecule has 0 rings (SSSR count). The van der Waals surface area contributed by atoms with Crippen LogP contribution in [-0.4, -0.2) is 18.4 Å². The van der Waals surface area contributed by atoms with Gasteiger partial charge in [0.25, 0.3) is 0 Å². The summed E-state index contributed by atoms with van der Waals surface area (Å²) in [5.41, 5.74) is 2.12. The molecule has 2 nitrogen and oxygen atoms in total. The summed E-state index contributed by atoms with van der Waals surface area (Å²) < 4.78 is 0. The monoisotopic (exact) mass is 101 g/mol. The van der Waals surface area contributed by atoms with E-state index in [1.165, 1.54) is 0 Å². The summed E-state index contributed by atoms with van der Waals surface area (Å²) in [7, 11) is 0. The Kier molecular flexibility index (Phi) is 4.14. The van der Waals surface area contributed by atoms with Crippen LogP contribution < -0.4 is 5.48 Å². The van der Waals surface area contributed by atoms with E-state index in [9.17, 15) is 0 Å². The molecule has 0 aromatic rings. The highest BCUT2D eigenvalue weighted by molar-refractivity contribution is 6.57. The van der Waals surface area contributed by atoms with Crippen molar-refractivity contribution in [2.75, 3.05) is 6.44 Å². The van der Waals surface area contributed by atoms with E-state index in [-0.39, 0.29) is 0 Å². The van der Waals surface area contributed by atoms with Gasteiger partial charge >= 0.3 is 0 Å². The standard InChI is InChI=1S/C4H12BNO/c1-3-5(2)4-6-7/h6-7H,3-4H2,1-2H3. The predicted octanol–water partition coefficient (Wildman–Crippen LogP) is 0.649. The quantitative estimate of drug-likeness (QED) is 0.404. The van der Waals surface area contributed by atoms with Crippen molar-refractivity contribution in [2.45, 2.75) is 20.1 Å². The molecule has 0 amide bonds. The van der Waals surface area contributed by atoms with Crippen LogP contribution in [0.5, 0.6) is 0 Å². The molecule has 0 spiro atoms. The van der Waals surface area contributed by atoms with E-state index in [1.807, 2.05) is 0 Å². The summed E-state index contributed by atoms with van der Waals surface area (Å²) in [4.78, 5) is 0. The first-order valence-corrected chi connectivity index (χ1v) is 2.68. The van der Waals surface area contributed by atoms with Crippen molar-refractivity contribution in [3.8, 4) is 0 Å². The lowest BCUT2D eigenvalue weighted by Crippen LogP contribution is -2.24. The highest BCUT2D eigenvalue weighted by Gasteiger charge is 1.98. The van der Waals surface area contributed by atoms with E-state index < -0.39 is 0 Å². The molecule has 0 saturated heterocycles. The Morgan fingerprint density at radius 1 is 1.71 bits per heavy atom. The van der Waals surface area contributed by atoms with Crippen molar-refractivity contribution >= 4 is 6.71 Å². The maximum absolute atomic E-state index is 8.12. The molecule has 0 heterocycles. The van der Waals surface area contributed by atoms with Gasteiger partial charge in [-0.25, -0.2) is 5.48 Å². The second-order valence-corrected chi connectivity index (χ2v) is 1.88. The molecule has 7 heavy (non-hydrogen) atoms. The van der Waals surface area contributed by atoms with E-state index in [4.69, 9.17) is 5.21 Å². The lowest BCUT2D eigenvalue weighted by molar-refractivity contribution is 0.185. The fourth-order valence-corrected chi connectivity index (χ4v) is 0.300. The van der Waals surface area contributed by atoms with Crippen molar-refractivity contribution in [1.29, 1.82) is 0 Å². The van der Waals surface area contributed by atoms with Gasteiger partial charge in [0.1, 0.15) is 0 Å². The molecule has 0 aliphatic rings. The maximum atomic E-state index is 8.12. The van der Waals surface area contributed by atoms with Crippen molar-refractivity contribution in [2.24, 2.45) is 0 Å². The lowest BCUT2D eigenvalue weighted by atomic mass is 9.50. The Balaban J connectivity index is 2.83. The topological polar surface area (TPSA) is 32.3 Å². The van der Waals surface area contributed by atoms with Crippen LogP contribution in [0.4, 0.5) is 0 Å². The van der Waals surface area contributed by atoms with Gasteiger partial charge in [-0.15, -0.1) is 0 Å². The molecular formula is C4H12BNO. The Labute approximate surface area is 45.0 Å². The minimum absolute atomic E-state index is 0.588. The molecule has 0 fully saturated rings. The minimum Gasteiger partial charge on any atom is -0.317 e. The van der Waals surface area contributed by atoms with Crippen LogP contribution in [-0.2, 0) is 0 Å². The van der Waals surface area contributed by atoms with Gasteiger partial charge in [-0.3, -0.25) is 0 Å². The molecule has 0 bridgehead atoms. The summed E-state index contributed by atoms with van der Waals surface area (Å²) >= 11 is 0. The van der Waals surface area contributed by atoms with Gasteiger partial charge in [0.2, 0.25) is 0 Å². The zero-order valence-electron chi connectivity index (χ0n) is 4.94. The first kappa shape index (κ1) is 6.98. The summed E-state index contributed by atoms with van der Waals surface area (Å²) in [6, 6.07) is 0. The van der Waals surface area contributed by atoms with E-state index in [0.29, 0.717) is 13.2 Å². The number of hydrogen-bond donors (Lipinski definition) is 2. The highest BCUT2D eigenvalue weighted by Crippen LogP contribution is 1.84. The Hall–Kier alpha value is -0.0151. The zero-order valence-corrected chi connectivity index (χ0v) is 4.94. The third-order valence-corrected chi connectivity index (χ3v) is 1.14. The van der Waals surface area contributed by atoms with Gasteiger partial charge in [-0.1, -0.05) is 20.1 Å². The molecular weight excluding hydrogens is 88.9 g/mol. The number of hydrogen-bond acceptors (Lipinski definition) is 2. The van der Waals surface area contributed by atoms with Gasteiger partial charge in [0, 0.05) is 0 Å². The number of hydroxylamine groups is 1. The van der Waals surface area contributed by atoms with Crippen LogP contribution in [0.15, 0.2) is 0 Å². The number of nitrogens with one attached hydrogen (secondary N) is 1. The van der Waals surface area contributed by atoms with Crippen LogP contribution >= 0.6 is 0 Å². The van der Waals surface area contributed by atoms with Crippen molar-refractivity contribution < 1.29 is 5.21 Å². The van der Waals surface area contributed by atoms with Crippen LogP contribution in [0, 0.1) is 0 Å². The molecule has 42 valence electrons. The molecule has 0 saturated carbocycles.